The van der Waals surface area contributed by atoms with Gasteiger partial charge < -0.3 is 5.11 Å². The van der Waals surface area contributed by atoms with Crippen LogP contribution in [-0.2, 0) is 11.3 Å². The normalized spacial score (nSPS) is 10.5. The molecule has 4 heteroatoms. The minimum absolute atomic E-state index is 0.0977. The Morgan fingerprint density at radius 1 is 1.29 bits per heavy atom. The Kier molecular flexibility index (Phi) is 2.95. The van der Waals surface area contributed by atoms with Gasteiger partial charge in [0, 0.05) is 11.3 Å². The molecule has 0 aliphatic heterocycles. The molecule has 1 heterocycles. The van der Waals surface area contributed by atoms with Crippen molar-refractivity contribution in [3.8, 4) is 11.1 Å². The molecule has 0 aliphatic rings. The molecule has 17 heavy (non-hydrogen) atoms. The molecule has 0 aliphatic carbocycles. The van der Waals surface area contributed by atoms with E-state index in [2.05, 4.69) is 5.10 Å². The van der Waals surface area contributed by atoms with Crippen LogP contribution in [0.5, 0.6) is 0 Å². The smallest absolute Gasteiger partial charge is 0.325 e. The molecule has 1 N–H and O–H groups in total. The molecule has 88 valence electrons. The zero-order valence-corrected chi connectivity index (χ0v) is 9.84. The molecule has 0 unspecified atom stereocenters. The van der Waals surface area contributed by atoms with E-state index < -0.39 is 5.97 Å². The van der Waals surface area contributed by atoms with Crippen molar-refractivity contribution in [2.75, 3.05) is 0 Å². The number of hydrogen-bond donors (Lipinski definition) is 1. The summed E-state index contributed by atoms with van der Waals surface area (Å²) in [6, 6.07) is 9.88. The fourth-order valence-corrected chi connectivity index (χ4v) is 2.00. The van der Waals surface area contributed by atoms with Crippen LogP contribution in [0, 0.1) is 13.8 Å². The minimum Gasteiger partial charge on any atom is -0.480 e. The van der Waals surface area contributed by atoms with E-state index in [0.29, 0.717) is 0 Å². The molecule has 0 bridgehead atoms. The predicted molar refractivity (Wildman–Crippen MR) is 64.8 cm³/mol. The summed E-state index contributed by atoms with van der Waals surface area (Å²) >= 11 is 0. The molecule has 0 spiro atoms. The number of carbonyl (C=O) groups is 1. The van der Waals surface area contributed by atoms with E-state index in [9.17, 15) is 4.79 Å². The zero-order valence-electron chi connectivity index (χ0n) is 9.84. The molecule has 0 radical (unpaired) electrons. The van der Waals surface area contributed by atoms with Gasteiger partial charge in [0.15, 0.2) is 0 Å². The van der Waals surface area contributed by atoms with E-state index >= 15 is 0 Å². The van der Waals surface area contributed by atoms with Crippen molar-refractivity contribution in [3.63, 3.8) is 0 Å². The zero-order chi connectivity index (χ0) is 12.4. The first-order chi connectivity index (χ1) is 8.09. The Morgan fingerprint density at radius 3 is 2.53 bits per heavy atom. The largest absolute Gasteiger partial charge is 0.480 e. The molecule has 2 rings (SSSR count). The van der Waals surface area contributed by atoms with E-state index in [0.717, 1.165) is 22.5 Å². The predicted octanol–water partition coefficient (Wildman–Crippen LogP) is 2.25. The van der Waals surface area contributed by atoms with E-state index in [4.69, 9.17) is 5.11 Å². The number of benzene rings is 1. The Labute approximate surface area is 99.5 Å². The summed E-state index contributed by atoms with van der Waals surface area (Å²) in [7, 11) is 0. The monoisotopic (exact) mass is 230 g/mol. The Bertz CT molecular complexity index is 544. The summed E-state index contributed by atoms with van der Waals surface area (Å²) in [6.07, 6.45) is 0. The van der Waals surface area contributed by atoms with Crippen LogP contribution in [0.25, 0.3) is 11.1 Å². The lowest BCUT2D eigenvalue weighted by Crippen LogP contribution is -2.11. The number of hydrogen-bond acceptors (Lipinski definition) is 2. The van der Waals surface area contributed by atoms with Gasteiger partial charge in [-0.05, 0) is 19.4 Å². The lowest BCUT2D eigenvalue weighted by molar-refractivity contribution is -0.137. The van der Waals surface area contributed by atoms with Crippen molar-refractivity contribution in [2.24, 2.45) is 0 Å². The number of carboxylic acids is 1. The number of aromatic nitrogens is 2. The second-order valence-corrected chi connectivity index (χ2v) is 3.96. The van der Waals surface area contributed by atoms with Crippen molar-refractivity contribution in [2.45, 2.75) is 20.4 Å². The number of aryl methyl sites for hydroxylation is 1. The number of nitrogens with zero attached hydrogens (tertiary/aromatic N) is 2. The van der Waals surface area contributed by atoms with Gasteiger partial charge in [-0.15, -0.1) is 0 Å². The second-order valence-electron chi connectivity index (χ2n) is 3.96. The number of rotatable bonds is 3. The molecule has 1 aromatic heterocycles. The molecule has 4 nitrogen and oxygen atoms in total. The maximum atomic E-state index is 10.7. The SMILES string of the molecule is Cc1nn(CC(=O)O)c(C)c1-c1ccccc1. The minimum atomic E-state index is -0.879. The Morgan fingerprint density at radius 2 is 1.94 bits per heavy atom. The van der Waals surface area contributed by atoms with Crippen molar-refractivity contribution in [3.05, 3.63) is 41.7 Å². The summed E-state index contributed by atoms with van der Waals surface area (Å²) in [4.78, 5) is 10.7. The van der Waals surface area contributed by atoms with Crippen LogP contribution in [-0.4, -0.2) is 20.9 Å². The first kappa shape index (κ1) is 11.4. The van der Waals surface area contributed by atoms with Crippen LogP contribution in [0.2, 0.25) is 0 Å². The Hall–Kier alpha value is -2.10. The van der Waals surface area contributed by atoms with Gasteiger partial charge in [-0.25, -0.2) is 0 Å². The maximum Gasteiger partial charge on any atom is 0.325 e. The molecule has 0 fully saturated rings. The van der Waals surface area contributed by atoms with Gasteiger partial charge in [-0.3, -0.25) is 9.48 Å². The Balaban J connectivity index is 2.49. The van der Waals surface area contributed by atoms with Crippen molar-refractivity contribution in [1.82, 2.24) is 9.78 Å². The highest BCUT2D eigenvalue weighted by Gasteiger charge is 2.14. The van der Waals surface area contributed by atoms with Crippen LogP contribution in [0.15, 0.2) is 30.3 Å². The van der Waals surface area contributed by atoms with Gasteiger partial charge in [0.05, 0.1) is 5.69 Å². The first-order valence-corrected chi connectivity index (χ1v) is 5.41. The molecule has 0 saturated heterocycles. The van der Waals surface area contributed by atoms with Gasteiger partial charge >= 0.3 is 5.97 Å². The van der Waals surface area contributed by atoms with Gasteiger partial charge in [0.2, 0.25) is 0 Å². The third-order valence-corrected chi connectivity index (χ3v) is 2.73. The summed E-state index contributed by atoms with van der Waals surface area (Å²) < 4.78 is 1.53. The molecular weight excluding hydrogens is 216 g/mol. The second kappa shape index (κ2) is 4.41. The first-order valence-electron chi connectivity index (χ1n) is 5.41. The van der Waals surface area contributed by atoms with Crippen molar-refractivity contribution < 1.29 is 9.90 Å². The summed E-state index contributed by atoms with van der Waals surface area (Å²) in [5.74, 6) is -0.879. The summed E-state index contributed by atoms with van der Waals surface area (Å²) in [5, 5.41) is 13.1. The van der Waals surface area contributed by atoms with Gasteiger partial charge in [-0.1, -0.05) is 30.3 Å². The number of aliphatic carboxylic acids is 1. The standard InChI is InChI=1S/C13H14N2O2/c1-9-13(11-6-4-3-5-7-11)10(2)15(14-9)8-12(16)17/h3-7H,8H2,1-2H3,(H,16,17). The van der Waals surface area contributed by atoms with Crippen LogP contribution < -0.4 is 0 Å². The molecule has 1 aromatic carbocycles. The highest BCUT2D eigenvalue weighted by molar-refractivity contribution is 5.70. The average molecular weight is 230 g/mol. The third-order valence-electron chi connectivity index (χ3n) is 2.73. The number of carboxylic acid groups (broad SMARTS) is 1. The van der Waals surface area contributed by atoms with E-state index in [-0.39, 0.29) is 6.54 Å². The highest BCUT2D eigenvalue weighted by atomic mass is 16.4. The maximum absolute atomic E-state index is 10.7. The van der Waals surface area contributed by atoms with Gasteiger partial charge in [0.25, 0.3) is 0 Å². The van der Waals surface area contributed by atoms with Crippen LogP contribution in [0.3, 0.4) is 0 Å². The summed E-state index contributed by atoms with van der Waals surface area (Å²) in [5.41, 5.74) is 3.83. The van der Waals surface area contributed by atoms with E-state index in [1.807, 2.05) is 44.2 Å². The summed E-state index contributed by atoms with van der Waals surface area (Å²) in [6.45, 7) is 3.69. The van der Waals surface area contributed by atoms with Crippen LogP contribution in [0.1, 0.15) is 11.4 Å². The fourth-order valence-electron chi connectivity index (χ4n) is 2.00. The quantitative estimate of drug-likeness (QED) is 0.879. The van der Waals surface area contributed by atoms with Crippen molar-refractivity contribution in [1.29, 1.82) is 0 Å². The van der Waals surface area contributed by atoms with Crippen molar-refractivity contribution >= 4 is 5.97 Å². The third kappa shape index (κ3) is 2.20. The lowest BCUT2D eigenvalue weighted by atomic mass is 10.0. The van der Waals surface area contributed by atoms with Gasteiger partial charge in [0.1, 0.15) is 6.54 Å². The molecule has 0 saturated carbocycles. The molecule has 0 amide bonds. The lowest BCUT2D eigenvalue weighted by Gasteiger charge is -2.03. The molecule has 2 aromatic rings. The van der Waals surface area contributed by atoms with E-state index in [1.165, 1.54) is 4.68 Å². The fraction of sp³-hybridized carbons (Fsp3) is 0.231. The van der Waals surface area contributed by atoms with Gasteiger partial charge in [-0.2, -0.15) is 5.10 Å². The average Bonchev–Trinajstić information content (AvgIpc) is 2.54. The van der Waals surface area contributed by atoms with E-state index in [1.54, 1.807) is 0 Å². The topological polar surface area (TPSA) is 55.1 Å². The van der Waals surface area contributed by atoms with Crippen LogP contribution >= 0.6 is 0 Å². The molecular formula is C13H14N2O2. The highest BCUT2D eigenvalue weighted by Crippen LogP contribution is 2.26. The molecule has 0 atom stereocenters. The van der Waals surface area contributed by atoms with Crippen LogP contribution in [0.4, 0.5) is 0 Å².